The highest BCUT2D eigenvalue weighted by atomic mass is 35.5. The topological polar surface area (TPSA) is 132 Å². The van der Waals surface area contributed by atoms with Crippen molar-refractivity contribution in [1.29, 1.82) is 0 Å². The van der Waals surface area contributed by atoms with E-state index >= 15 is 0 Å². The number of amides is 2. The van der Waals surface area contributed by atoms with E-state index in [1.165, 1.54) is 11.3 Å². The van der Waals surface area contributed by atoms with Crippen LogP contribution in [0.4, 0.5) is 5.13 Å². The van der Waals surface area contributed by atoms with Gasteiger partial charge in [0, 0.05) is 22.8 Å². The number of pyridine rings is 1. The van der Waals surface area contributed by atoms with Gasteiger partial charge in [0.05, 0.1) is 16.4 Å². The average Bonchev–Trinajstić information content (AvgIpc) is 3.42. The first kappa shape index (κ1) is 19.8. The first-order valence-corrected chi connectivity index (χ1v) is 10.0. The van der Waals surface area contributed by atoms with E-state index in [1.54, 1.807) is 34.5 Å². The first-order chi connectivity index (χ1) is 14.3. The van der Waals surface area contributed by atoms with Crippen LogP contribution >= 0.6 is 22.9 Å². The summed E-state index contributed by atoms with van der Waals surface area (Å²) in [4.78, 5) is 35.5. The number of nitrogens with one attached hydrogen (secondary N) is 2. The highest BCUT2D eigenvalue weighted by Gasteiger charge is 2.17. The molecular formula is C19H16ClN7O2S. The number of hydrogen-bond acceptors (Lipinski definition) is 6. The van der Waals surface area contributed by atoms with Gasteiger partial charge in [0.25, 0.3) is 11.8 Å². The van der Waals surface area contributed by atoms with Crippen molar-refractivity contribution in [2.45, 2.75) is 13.8 Å². The molecule has 4 heterocycles. The van der Waals surface area contributed by atoms with Gasteiger partial charge in [-0.3, -0.25) is 14.9 Å². The lowest BCUT2D eigenvalue weighted by atomic mass is 10.2. The van der Waals surface area contributed by atoms with Gasteiger partial charge in [-0.25, -0.2) is 14.6 Å². The molecule has 11 heteroatoms. The number of nitrogens with two attached hydrogens (primary N) is 1. The maximum absolute atomic E-state index is 12.8. The van der Waals surface area contributed by atoms with Crippen LogP contribution in [0, 0.1) is 13.8 Å². The molecule has 0 unspecified atom stereocenters. The van der Waals surface area contributed by atoms with Crippen molar-refractivity contribution in [2.24, 2.45) is 5.73 Å². The standard InChI is InChI=1S/C19H16ClN7O2S/c1-9-5-10(2)27(26-9)15-4-3-12(20)16(24-15)18(29)25-19-23-14(8-30-19)11-6-13(17(21)28)22-7-11/h3-8,22H,1-2H3,(H2,21,28)(H,23,25,29). The molecule has 0 aliphatic carbocycles. The largest absolute Gasteiger partial charge is 0.364 e. The van der Waals surface area contributed by atoms with Crippen molar-refractivity contribution in [1.82, 2.24) is 24.7 Å². The van der Waals surface area contributed by atoms with Gasteiger partial charge in [-0.05, 0) is 38.1 Å². The Morgan fingerprint density at radius 1 is 1.23 bits per heavy atom. The van der Waals surface area contributed by atoms with Crippen molar-refractivity contribution in [3.05, 3.63) is 63.6 Å². The quantitative estimate of drug-likeness (QED) is 0.437. The van der Waals surface area contributed by atoms with Crippen molar-refractivity contribution in [3.8, 4) is 17.1 Å². The number of nitrogens with zero attached hydrogens (tertiary/aromatic N) is 4. The third-order valence-corrected chi connectivity index (χ3v) is 5.30. The molecule has 4 rings (SSSR count). The van der Waals surface area contributed by atoms with E-state index in [1.807, 2.05) is 19.9 Å². The molecule has 0 radical (unpaired) electrons. The maximum atomic E-state index is 12.8. The van der Waals surface area contributed by atoms with Crippen LogP contribution in [0.3, 0.4) is 0 Å². The molecule has 2 amide bonds. The van der Waals surface area contributed by atoms with Crippen LogP contribution in [-0.2, 0) is 0 Å². The average molecular weight is 442 g/mol. The summed E-state index contributed by atoms with van der Waals surface area (Å²) in [5, 5.41) is 9.42. The van der Waals surface area contributed by atoms with Crippen LogP contribution in [0.25, 0.3) is 17.1 Å². The lowest BCUT2D eigenvalue weighted by molar-refractivity contribution is 0.0993. The molecule has 0 fully saturated rings. The monoisotopic (exact) mass is 441 g/mol. The number of aryl methyl sites for hydroxylation is 2. The minimum atomic E-state index is -0.562. The number of primary amides is 1. The molecule has 0 saturated heterocycles. The van der Waals surface area contributed by atoms with Crippen LogP contribution < -0.4 is 11.1 Å². The smallest absolute Gasteiger partial charge is 0.277 e. The van der Waals surface area contributed by atoms with Gasteiger partial charge < -0.3 is 10.7 Å². The number of anilines is 1. The van der Waals surface area contributed by atoms with Crippen LogP contribution in [-0.4, -0.2) is 36.5 Å². The fraction of sp³-hybridized carbons (Fsp3) is 0.105. The zero-order valence-corrected chi connectivity index (χ0v) is 17.5. The second kappa shape index (κ2) is 7.73. The number of hydrogen-bond donors (Lipinski definition) is 3. The molecule has 0 saturated carbocycles. The van der Waals surface area contributed by atoms with Crippen LogP contribution in [0.5, 0.6) is 0 Å². The molecule has 30 heavy (non-hydrogen) atoms. The molecule has 152 valence electrons. The van der Waals surface area contributed by atoms with E-state index in [4.69, 9.17) is 17.3 Å². The Bertz CT molecular complexity index is 1270. The molecule has 4 aromatic rings. The normalized spacial score (nSPS) is 10.9. The fourth-order valence-electron chi connectivity index (χ4n) is 2.87. The fourth-order valence-corrected chi connectivity index (χ4v) is 3.78. The molecule has 0 spiro atoms. The third kappa shape index (κ3) is 3.82. The van der Waals surface area contributed by atoms with E-state index < -0.39 is 11.8 Å². The predicted molar refractivity (Wildman–Crippen MR) is 114 cm³/mol. The SMILES string of the molecule is Cc1cc(C)n(-c2ccc(Cl)c(C(=O)Nc3nc(-c4c[nH]c(C(N)=O)c4)cs3)n2)n1. The Morgan fingerprint density at radius 2 is 2.03 bits per heavy atom. The van der Waals surface area contributed by atoms with Crippen LogP contribution in [0.1, 0.15) is 32.4 Å². The Hall–Kier alpha value is -3.50. The number of carbonyl (C=O) groups excluding carboxylic acids is 2. The molecule has 4 N–H and O–H groups in total. The minimum absolute atomic E-state index is 0.0659. The lowest BCUT2D eigenvalue weighted by Crippen LogP contribution is -2.16. The summed E-state index contributed by atoms with van der Waals surface area (Å²) in [6.45, 7) is 3.78. The number of aromatic amines is 1. The molecule has 0 aromatic carbocycles. The third-order valence-electron chi connectivity index (χ3n) is 4.24. The molecule has 4 aromatic heterocycles. The Labute approximate surface area is 179 Å². The maximum Gasteiger partial charge on any atom is 0.277 e. The van der Waals surface area contributed by atoms with Crippen LogP contribution in [0.15, 0.2) is 35.8 Å². The van der Waals surface area contributed by atoms with E-state index in [-0.39, 0.29) is 16.4 Å². The molecule has 9 nitrogen and oxygen atoms in total. The van der Waals surface area contributed by atoms with E-state index in [0.29, 0.717) is 22.2 Å². The summed E-state index contributed by atoms with van der Waals surface area (Å²) >= 11 is 7.44. The van der Waals surface area contributed by atoms with Gasteiger partial charge in [0.15, 0.2) is 10.9 Å². The van der Waals surface area contributed by atoms with Gasteiger partial charge in [0.1, 0.15) is 11.4 Å². The summed E-state index contributed by atoms with van der Waals surface area (Å²) in [5.41, 5.74) is 8.60. The number of rotatable bonds is 5. The Kier molecular flexibility index (Phi) is 5.10. The highest BCUT2D eigenvalue weighted by Crippen LogP contribution is 2.26. The minimum Gasteiger partial charge on any atom is -0.364 e. The van der Waals surface area contributed by atoms with E-state index in [0.717, 1.165) is 11.4 Å². The van der Waals surface area contributed by atoms with Gasteiger partial charge in [-0.1, -0.05) is 11.6 Å². The Balaban J connectivity index is 1.57. The van der Waals surface area contributed by atoms with Crippen molar-refractivity contribution < 1.29 is 9.59 Å². The van der Waals surface area contributed by atoms with Crippen molar-refractivity contribution in [3.63, 3.8) is 0 Å². The van der Waals surface area contributed by atoms with Crippen molar-refractivity contribution >= 4 is 39.9 Å². The number of halogens is 1. The van der Waals surface area contributed by atoms with Gasteiger partial charge in [-0.15, -0.1) is 11.3 Å². The number of carbonyl (C=O) groups is 2. The summed E-state index contributed by atoms with van der Waals surface area (Å²) in [6, 6.07) is 6.81. The van der Waals surface area contributed by atoms with E-state index in [2.05, 4.69) is 25.4 Å². The molecular weight excluding hydrogens is 426 g/mol. The molecule has 0 atom stereocenters. The molecule has 0 aliphatic heterocycles. The van der Waals surface area contributed by atoms with E-state index in [9.17, 15) is 9.59 Å². The second-order valence-corrected chi connectivity index (χ2v) is 7.76. The Morgan fingerprint density at radius 3 is 2.70 bits per heavy atom. The highest BCUT2D eigenvalue weighted by molar-refractivity contribution is 7.14. The predicted octanol–water partition coefficient (Wildman–Crippen LogP) is 3.34. The molecule has 0 aliphatic rings. The summed E-state index contributed by atoms with van der Waals surface area (Å²) in [7, 11) is 0. The van der Waals surface area contributed by atoms with Gasteiger partial charge in [0.2, 0.25) is 0 Å². The summed E-state index contributed by atoms with van der Waals surface area (Å²) < 4.78 is 1.65. The van der Waals surface area contributed by atoms with Crippen LogP contribution in [0.2, 0.25) is 5.02 Å². The van der Waals surface area contributed by atoms with Gasteiger partial charge in [-0.2, -0.15) is 5.10 Å². The van der Waals surface area contributed by atoms with Crippen molar-refractivity contribution in [2.75, 3.05) is 5.32 Å². The lowest BCUT2D eigenvalue weighted by Gasteiger charge is -2.08. The second-order valence-electron chi connectivity index (χ2n) is 6.50. The van der Waals surface area contributed by atoms with Gasteiger partial charge >= 0.3 is 0 Å². The summed E-state index contributed by atoms with van der Waals surface area (Å²) in [6.07, 6.45) is 1.62. The molecule has 0 bridgehead atoms. The number of thiazole rings is 1. The zero-order valence-electron chi connectivity index (χ0n) is 15.9. The first-order valence-electron chi connectivity index (χ1n) is 8.77. The zero-order chi connectivity index (χ0) is 21.4. The number of H-pyrrole nitrogens is 1. The summed E-state index contributed by atoms with van der Waals surface area (Å²) in [5.74, 6) is -0.564. The number of aromatic nitrogens is 5.